The zero-order valence-electron chi connectivity index (χ0n) is 22.5. The maximum atomic E-state index is 11.6. The molecule has 6 nitrogen and oxygen atoms in total. The molecule has 6 rings (SSSR count). The average molecular weight is 607 g/mol. The van der Waals surface area contributed by atoms with Crippen molar-refractivity contribution in [2.75, 3.05) is 20.2 Å². The van der Waals surface area contributed by atoms with E-state index in [2.05, 4.69) is 33.2 Å². The predicted octanol–water partition coefficient (Wildman–Crippen LogP) is 7.27. The van der Waals surface area contributed by atoms with Gasteiger partial charge in [-0.15, -0.1) is 0 Å². The van der Waals surface area contributed by atoms with Crippen molar-refractivity contribution in [3.05, 3.63) is 93.4 Å². The normalized spacial score (nSPS) is 16.9. The molecule has 41 heavy (non-hydrogen) atoms. The Labute approximate surface area is 254 Å². The second kappa shape index (κ2) is 11.6. The second-order valence-electron chi connectivity index (χ2n) is 10.4. The first-order chi connectivity index (χ1) is 19.8. The third-order valence-corrected chi connectivity index (χ3v) is 8.92. The standard InChI is InChI=1S/C32H28Cl3N4O2/c1-18-6-8-27(38-32(18)41-2)24-5-3-4-22(29(24)34)23-10-12-36-31(30(23)35)20-14-19-11-13-39(17-25(19)26(33)15-20)16-21-7-9-28(40)37-21/h3-6,8,10,12,14-15,21H,1,7,9,11,13,16-17H2,2H3,(H,37,40)/t21-/m0/s1. The lowest BCUT2D eigenvalue weighted by molar-refractivity contribution is -0.119. The number of nitrogens with zero attached hydrogens (tertiary/aromatic N) is 3. The molecular formula is C32H28Cl3N4O2. The number of aromatic nitrogens is 2. The lowest BCUT2D eigenvalue weighted by Crippen LogP contribution is -2.41. The maximum absolute atomic E-state index is 11.6. The molecule has 209 valence electrons. The number of amides is 1. The summed E-state index contributed by atoms with van der Waals surface area (Å²) >= 11 is 20.8. The van der Waals surface area contributed by atoms with Gasteiger partial charge in [0.25, 0.3) is 0 Å². The number of halogens is 3. The Morgan fingerprint density at radius 3 is 2.63 bits per heavy atom. The molecule has 1 atom stereocenters. The van der Waals surface area contributed by atoms with Crippen molar-refractivity contribution in [2.45, 2.75) is 31.8 Å². The molecule has 0 unspecified atom stereocenters. The van der Waals surface area contributed by atoms with E-state index in [0.717, 1.165) is 60.3 Å². The van der Waals surface area contributed by atoms with E-state index in [1.807, 2.05) is 42.5 Å². The van der Waals surface area contributed by atoms with Gasteiger partial charge >= 0.3 is 0 Å². The third-order valence-electron chi connectivity index (χ3n) is 7.79. The summed E-state index contributed by atoms with van der Waals surface area (Å²) in [6, 6.07) is 15.7. The lowest BCUT2D eigenvalue weighted by Gasteiger charge is -2.31. The number of fused-ring (bicyclic) bond motifs is 1. The van der Waals surface area contributed by atoms with Gasteiger partial charge in [-0.3, -0.25) is 14.7 Å². The Bertz CT molecular complexity index is 1660. The van der Waals surface area contributed by atoms with E-state index in [4.69, 9.17) is 39.5 Å². The topological polar surface area (TPSA) is 67.4 Å². The van der Waals surface area contributed by atoms with Crippen LogP contribution < -0.4 is 10.1 Å². The van der Waals surface area contributed by atoms with E-state index in [1.165, 1.54) is 5.56 Å². The highest BCUT2D eigenvalue weighted by Crippen LogP contribution is 2.42. The van der Waals surface area contributed by atoms with E-state index in [-0.39, 0.29) is 11.9 Å². The fourth-order valence-corrected chi connectivity index (χ4v) is 6.63. The Kier molecular flexibility index (Phi) is 7.92. The number of hydrogen-bond acceptors (Lipinski definition) is 5. The summed E-state index contributed by atoms with van der Waals surface area (Å²) in [6.45, 7) is 6.43. The van der Waals surface area contributed by atoms with Gasteiger partial charge in [0, 0.05) is 71.1 Å². The fraction of sp³-hybridized carbons (Fsp3) is 0.250. The van der Waals surface area contributed by atoms with Gasteiger partial charge in [-0.25, -0.2) is 4.98 Å². The molecule has 9 heteroatoms. The number of hydrogen-bond donors (Lipinski definition) is 1. The second-order valence-corrected chi connectivity index (χ2v) is 11.6. The maximum Gasteiger partial charge on any atom is 0.220 e. The van der Waals surface area contributed by atoms with Crippen LogP contribution >= 0.6 is 34.8 Å². The van der Waals surface area contributed by atoms with Crippen molar-refractivity contribution in [2.24, 2.45) is 0 Å². The molecule has 0 bridgehead atoms. The van der Waals surface area contributed by atoms with Gasteiger partial charge in [-0.2, -0.15) is 0 Å². The predicted molar refractivity (Wildman–Crippen MR) is 165 cm³/mol. The van der Waals surface area contributed by atoms with Gasteiger partial charge in [0.1, 0.15) is 0 Å². The van der Waals surface area contributed by atoms with Gasteiger partial charge in [0.2, 0.25) is 11.8 Å². The number of rotatable bonds is 6. The van der Waals surface area contributed by atoms with Crippen LogP contribution in [-0.4, -0.2) is 47.0 Å². The van der Waals surface area contributed by atoms with Gasteiger partial charge in [0.15, 0.2) is 0 Å². The van der Waals surface area contributed by atoms with Crippen LogP contribution in [0.25, 0.3) is 33.6 Å². The molecular weight excluding hydrogens is 579 g/mol. The van der Waals surface area contributed by atoms with E-state index in [9.17, 15) is 4.79 Å². The highest BCUT2D eigenvalue weighted by molar-refractivity contribution is 6.39. The summed E-state index contributed by atoms with van der Waals surface area (Å²) < 4.78 is 5.36. The molecule has 0 saturated carbocycles. The van der Waals surface area contributed by atoms with Gasteiger partial charge in [0.05, 0.1) is 28.5 Å². The Morgan fingerprint density at radius 2 is 1.85 bits per heavy atom. The van der Waals surface area contributed by atoms with Crippen molar-refractivity contribution in [3.63, 3.8) is 0 Å². The van der Waals surface area contributed by atoms with Gasteiger partial charge < -0.3 is 10.1 Å². The van der Waals surface area contributed by atoms with Crippen LogP contribution in [0.3, 0.4) is 0 Å². The summed E-state index contributed by atoms with van der Waals surface area (Å²) in [5, 5.41) is 4.78. The summed E-state index contributed by atoms with van der Waals surface area (Å²) in [5.41, 5.74) is 7.49. The largest absolute Gasteiger partial charge is 0.481 e. The summed E-state index contributed by atoms with van der Waals surface area (Å²) in [5.74, 6) is 0.588. The highest BCUT2D eigenvalue weighted by atomic mass is 35.5. The van der Waals surface area contributed by atoms with Crippen LogP contribution in [0.5, 0.6) is 5.88 Å². The van der Waals surface area contributed by atoms with Crippen LogP contribution in [0.2, 0.25) is 15.1 Å². The van der Waals surface area contributed by atoms with Crippen molar-refractivity contribution >= 4 is 40.7 Å². The molecule has 2 aliphatic heterocycles. The fourth-order valence-electron chi connectivity index (χ4n) is 5.68. The van der Waals surface area contributed by atoms with Gasteiger partial charge in [-0.1, -0.05) is 59.1 Å². The molecule has 1 amide bonds. The van der Waals surface area contributed by atoms with Crippen molar-refractivity contribution < 1.29 is 9.53 Å². The minimum atomic E-state index is 0.138. The number of carbonyl (C=O) groups excluding carboxylic acids is 1. The van der Waals surface area contributed by atoms with E-state index >= 15 is 0 Å². The zero-order valence-corrected chi connectivity index (χ0v) is 24.8. The highest BCUT2D eigenvalue weighted by Gasteiger charge is 2.27. The molecule has 1 saturated heterocycles. The minimum absolute atomic E-state index is 0.138. The number of pyridine rings is 2. The molecule has 2 aromatic carbocycles. The number of benzene rings is 2. The van der Waals surface area contributed by atoms with Gasteiger partial charge in [-0.05, 0) is 55.2 Å². The van der Waals surface area contributed by atoms with Crippen LogP contribution in [0, 0.1) is 6.92 Å². The average Bonchev–Trinajstić information content (AvgIpc) is 3.38. The molecule has 2 aliphatic rings. The number of carbonyl (C=O) groups is 1. The Balaban J connectivity index is 1.31. The van der Waals surface area contributed by atoms with Crippen molar-refractivity contribution in [3.8, 4) is 39.5 Å². The summed E-state index contributed by atoms with van der Waals surface area (Å²) in [6.07, 6.45) is 4.09. The number of nitrogens with one attached hydrogen (secondary N) is 1. The molecule has 4 aromatic rings. The van der Waals surface area contributed by atoms with E-state index in [0.29, 0.717) is 44.3 Å². The molecule has 1 N–H and O–H groups in total. The minimum Gasteiger partial charge on any atom is -0.481 e. The first kappa shape index (κ1) is 28.0. The first-order valence-electron chi connectivity index (χ1n) is 13.5. The quantitative estimate of drug-likeness (QED) is 0.250. The summed E-state index contributed by atoms with van der Waals surface area (Å²) in [4.78, 5) is 23.2. The molecule has 4 heterocycles. The van der Waals surface area contributed by atoms with Crippen LogP contribution in [0.15, 0.2) is 54.7 Å². The van der Waals surface area contributed by atoms with Crippen molar-refractivity contribution in [1.82, 2.24) is 20.2 Å². The SMILES string of the molecule is [CH2]c1ccc(-c2cccc(-c3ccnc(-c4cc(Cl)c5c(c4)CCN(C[C@@H]4CCC(=O)N4)C5)c3Cl)c2Cl)nc1OC. The molecule has 0 spiro atoms. The van der Waals surface area contributed by atoms with E-state index in [1.54, 1.807) is 13.3 Å². The smallest absolute Gasteiger partial charge is 0.220 e. The molecule has 1 fully saturated rings. The van der Waals surface area contributed by atoms with Crippen LogP contribution in [-0.2, 0) is 17.8 Å². The molecule has 1 radical (unpaired) electrons. The summed E-state index contributed by atoms with van der Waals surface area (Å²) in [7, 11) is 1.57. The molecule has 2 aromatic heterocycles. The Morgan fingerprint density at radius 1 is 1.05 bits per heavy atom. The number of methoxy groups -OCH3 is 1. The zero-order chi connectivity index (χ0) is 28.7. The Hall–Kier alpha value is -3.16. The number of ether oxygens (including phenoxy) is 1. The van der Waals surface area contributed by atoms with Crippen LogP contribution in [0.4, 0.5) is 0 Å². The third kappa shape index (κ3) is 5.54. The molecule has 0 aliphatic carbocycles. The lowest BCUT2D eigenvalue weighted by atomic mass is 9.94. The van der Waals surface area contributed by atoms with Crippen LogP contribution in [0.1, 0.15) is 29.5 Å². The van der Waals surface area contributed by atoms with Crippen molar-refractivity contribution in [1.29, 1.82) is 0 Å². The monoisotopic (exact) mass is 605 g/mol. The van der Waals surface area contributed by atoms with E-state index < -0.39 is 0 Å². The first-order valence-corrected chi connectivity index (χ1v) is 14.6.